The first-order valence-corrected chi connectivity index (χ1v) is 7.03. The van der Waals surface area contributed by atoms with Gasteiger partial charge in [0.2, 0.25) is 0 Å². The number of hydrogen-bond donors (Lipinski definition) is 2. The maximum atomic E-state index is 11.0. The van der Waals surface area contributed by atoms with Crippen molar-refractivity contribution in [1.82, 2.24) is 5.32 Å². The summed E-state index contributed by atoms with van der Waals surface area (Å²) in [5, 5.41) is 11.7. The Kier molecular flexibility index (Phi) is 7.27. The summed E-state index contributed by atoms with van der Waals surface area (Å²) in [6, 6.07) is 0. The molecule has 0 rings (SSSR count). The quantitative estimate of drug-likeness (QED) is 0.531. The molecule has 2 N–H and O–H groups in total. The number of hydrogen-bond acceptors (Lipinski definition) is 5. The van der Waals surface area contributed by atoms with E-state index in [1.807, 2.05) is 0 Å². The molecule has 96 valence electrons. The van der Waals surface area contributed by atoms with E-state index in [-0.39, 0.29) is 12.3 Å². The van der Waals surface area contributed by atoms with Gasteiger partial charge < -0.3 is 15.2 Å². The maximum Gasteiger partial charge on any atom is 0.308 e. The lowest BCUT2D eigenvalue weighted by Gasteiger charge is -2.12. The minimum absolute atomic E-state index is 0.159. The topological polar surface area (TPSA) is 92.7 Å². The van der Waals surface area contributed by atoms with E-state index in [0.717, 1.165) is 12.7 Å². The Morgan fingerprint density at radius 1 is 1.50 bits per heavy atom. The highest BCUT2D eigenvalue weighted by Crippen LogP contribution is 2.00. The number of carbonyl (C=O) groups is 1. The molecule has 0 bridgehead atoms. The summed E-state index contributed by atoms with van der Waals surface area (Å²) in [5.74, 6) is -2.32. The Morgan fingerprint density at radius 3 is 2.56 bits per heavy atom. The Bertz CT molecular complexity index is 301. The van der Waals surface area contributed by atoms with E-state index in [0.29, 0.717) is 13.2 Å². The van der Waals surface area contributed by atoms with Gasteiger partial charge in [0.1, 0.15) is 9.84 Å². The molecule has 0 saturated carbocycles. The van der Waals surface area contributed by atoms with Gasteiger partial charge in [-0.15, -0.1) is 0 Å². The zero-order chi connectivity index (χ0) is 12.6. The smallest absolute Gasteiger partial charge is 0.308 e. The third-order valence-electron chi connectivity index (χ3n) is 1.95. The van der Waals surface area contributed by atoms with Crippen molar-refractivity contribution in [2.24, 2.45) is 5.92 Å². The lowest BCUT2D eigenvalue weighted by Crippen LogP contribution is -2.34. The first kappa shape index (κ1) is 15.3. The summed E-state index contributed by atoms with van der Waals surface area (Å²) in [6.45, 7) is 1.37. The number of rotatable bonds is 9. The zero-order valence-corrected chi connectivity index (χ0v) is 10.4. The monoisotopic (exact) mass is 253 g/mol. The Hall–Kier alpha value is -0.660. The second kappa shape index (κ2) is 7.59. The number of sulfone groups is 1. The lowest BCUT2D eigenvalue weighted by molar-refractivity contribution is -0.140. The maximum absolute atomic E-state index is 11.0. The second-order valence-electron chi connectivity index (χ2n) is 3.68. The molecular weight excluding hydrogens is 234 g/mol. The van der Waals surface area contributed by atoms with Gasteiger partial charge in [0.05, 0.1) is 11.7 Å². The Balaban J connectivity index is 3.92. The van der Waals surface area contributed by atoms with Crippen LogP contribution in [0.5, 0.6) is 0 Å². The van der Waals surface area contributed by atoms with Crippen molar-refractivity contribution in [3.05, 3.63) is 0 Å². The van der Waals surface area contributed by atoms with Crippen LogP contribution in [0.3, 0.4) is 0 Å². The van der Waals surface area contributed by atoms with E-state index in [2.05, 4.69) is 5.32 Å². The van der Waals surface area contributed by atoms with Gasteiger partial charge in [-0.3, -0.25) is 4.79 Å². The first-order chi connectivity index (χ1) is 7.37. The van der Waals surface area contributed by atoms with Crippen LogP contribution in [0.2, 0.25) is 0 Å². The predicted octanol–water partition coefficient (Wildman–Crippen LogP) is -0.642. The number of aliphatic carboxylic acids is 1. The number of ether oxygens (including phenoxy) is 1. The highest BCUT2D eigenvalue weighted by Gasteiger charge is 2.21. The van der Waals surface area contributed by atoms with Crippen LogP contribution in [-0.4, -0.2) is 58.3 Å². The summed E-state index contributed by atoms with van der Waals surface area (Å²) in [4.78, 5) is 10.8. The molecular formula is C9H19NO5S. The predicted molar refractivity (Wildman–Crippen MR) is 60.2 cm³/mol. The van der Waals surface area contributed by atoms with E-state index in [1.165, 1.54) is 0 Å². The van der Waals surface area contributed by atoms with E-state index < -0.39 is 21.7 Å². The molecule has 0 radical (unpaired) electrons. The average Bonchev–Trinajstić information content (AvgIpc) is 2.13. The van der Waals surface area contributed by atoms with Gasteiger partial charge in [-0.25, -0.2) is 8.42 Å². The van der Waals surface area contributed by atoms with Crippen molar-refractivity contribution in [3.63, 3.8) is 0 Å². The van der Waals surface area contributed by atoms with Crippen LogP contribution in [0.15, 0.2) is 0 Å². The molecule has 0 fully saturated rings. The summed E-state index contributed by atoms with van der Waals surface area (Å²) in [7, 11) is -1.67. The third kappa shape index (κ3) is 8.63. The van der Waals surface area contributed by atoms with Crippen molar-refractivity contribution in [2.75, 3.05) is 38.8 Å². The molecule has 0 spiro atoms. The molecule has 0 aliphatic carbocycles. The fourth-order valence-electron chi connectivity index (χ4n) is 1.20. The van der Waals surface area contributed by atoms with Gasteiger partial charge in [-0.05, 0) is 13.0 Å². The highest BCUT2D eigenvalue weighted by molar-refractivity contribution is 7.90. The van der Waals surface area contributed by atoms with Crippen LogP contribution in [0.25, 0.3) is 0 Å². The van der Waals surface area contributed by atoms with Gasteiger partial charge >= 0.3 is 5.97 Å². The van der Waals surface area contributed by atoms with Crippen molar-refractivity contribution >= 4 is 15.8 Å². The number of methoxy groups -OCH3 is 1. The molecule has 0 aliphatic heterocycles. The van der Waals surface area contributed by atoms with Crippen molar-refractivity contribution in [2.45, 2.75) is 6.42 Å². The minimum atomic E-state index is -3.26. The van der Waals surface area contributed by atoms with Crippen LogP contribution in [0, 0.1) is 5.92 Å². The first-order valence-electron chi connectivity index (χ1n) is 4.97. The van der Waals surface area contributed by atoms with Gasteiger partial charge in [0.15, 0.2) is 0 Å². The molecule has 1 unspecified atom stereocenters. The Labute approximate surface area is 95.9 Å². The van der Waals surface area contributed by atoms with Crippen LogP contribution in [-0.2, 0) is 19.4 Å². The van der Waals surface area contributed by atoms with Crippen LogP contribution >= 0.6 is 0 Å². The summed E-state index contributed by atoms with van der Waals surface area (Å²) in [5.41, 5.74) is 0. The molecule has 7 heteroatoms. The van der Waals surface area contributed by atoms with E-state index in [1.54, 1.807) is 7.11 Å². The minimum Gasteiger partial charge on any atom is -0.481 e. The van der Waals surface area contributed by atoms with Gasteiger partial charge in [-0.2, -0.15) is 0 Å². The number of carboxylic acid groups (broad SMARTS) is 1. The number of nitrogens with one attached hydrogen (secondary N) is 1. The van der Waals surface area contributed by atoms with Crippen molar-refractivity contribution in [1.29, 1.82) is 0 Å². The summed E-state index contributed by atoms with van der Waals surface area (Å²) < 4.78 is 26.8. The molecule has 0 amide bonds. The molecule has 0 heterocycles. The molecule has 0 aromatic heterocycles. The van der Waals surface area contributed by atoms with Gasteiger partial charge in [0.25, 0.3) is 0 Å². The molecule has 6 nitrogen and oxygen atoms in total. The molecule has 0 aromatic carbocycles. The summed E-state index contributed by atoms with van der Waals surface area (Å²) in [6.07, 6.45) is 1.80. The zero-order valence-electron chi connectivity index (χ0n) is 9.60. The van der Waals surface area contributed by atoms with Crippen molar-refractivity contribution < 1.29 is 23.1 Å². The molecule has 0 saturated heterocycles. The largest absolute Gasteiger partial charge is 0.481 e. The normalized spacial score (nSPS) is 13.6. The van der Waals surface area contributed by atoms with Crippen LogP contribution in [0.4, 0.5) is 0 Å². The van der Waals surface area contributed by atoms with Crippen LogP contribution in [0.1, 0.15) is 6.42 Å². The Morgan fingerprint density at radius 2 is 2.12 bits per heavy atom. The molecule has 0 aromatic rings. The summed E-state index contributed by atoms with van der Waals surface area (Å²) >= 11 is 0. The lowest BCUT2D eigenvalue weighted by atomic mass is 10.2. The fraction of sp³-hybridized carbons (Fsp3) is 0.889. The average molecular weight is 253 g/mol. The van der Waals surface area contributed by atoms with E-state index >= 15 is 0 Å². The van der Waals surface area contributed by atoms with Crippen LogP contribution < -0.4 is 5.32 Å². The molecule has 16 heavy (non-hydrogen) atoms. The number of carboxylic acids is 1. The van der Waals surface area contributed by atoms with Gasteiger partial charge in [-0.1, -0.05) is 0 Å². The molecule has 0 aliphatic rings. The highest BCUT2D eigenvalue weighted by atomic mass is 32.2. The fourth-order valence-corrected chi connectivity index (χ4v) is 2.19. The SMILES string of the molecule is COCCCNCC(CS(C)(=O)=O)C(=O)O. The second-order valence-corrected chi connectivity index (χ2v) is 5.86. The van der Waals surface area contributed by atoms with Crippen molar-refractivity contribution in [3.8, 4) is 0 Å². The standard InChI is InChI=1S/C9H19NO5S/c1-15-5-3-4-10-6-8(9(11)12)7-16(2,13)14/h8,10H,3-7H2,1-2H3,(H,11,12). The van der Waals surface area contributed by atoms with Gasteiger partial charge in [0, 0.05) is 26.5 Å². The van der Waals surface area contributed by atoms with E-state index in [9.17, 15) is 13.2 Å². The third-order valence-corrected chi connectivity index (χ3v) is 2.95. The van der Waals surface area contributed by atoms with E-state index in [4.69, 9.17) is 9.84 Å². The molecule has 1 atom stereocenters.